The van der Waals surface area contributed by atoms with Crippen LogP contribution in [-0.2, 0) is 0 Å². The van der Waals surface area contributed by atoms with Crippen molar-refractivity contribution in [2.75, 3.05) is 0 Å². The molecule has 1 aromatic carbocycles. The van der Waals surface area contributed by atoms with Gasteiger partial charge in [0.05, 0.1) is 0 Å². The zero-order valence-corrected chi connectivity index (χ0v) is 8.51. The van der Waals surface area contributed by atoms with Gasteiger partial charge in [-0.2, -0.15) is 0 Å². The van der Waals surface area contributed by atoms with Gasteiger partial charge in [0.2, 0.25) is 0 Å². The van der Waals surface area contributed by atoms with Gasteiger partial charge in [0, 0.05) is 11.6 Å². The first-order valence-corrected chi connectivity index (χ1v) is 3.82. The number of hydrogen-bond acceptors (Lipinski definition) is 2. The molecule has 0 fully saturated rings. The summed E-state index contributed by atoms with van der Waals surface area (Å²) in [5, 5.41) is 10.4. The van der Waals surface area contributed by atoms with Crippen LogP contribution in [0.5, 0.6) is 5.75 Å². The number of phenolic OH excluding ortho intramolecular Hbond substituents is 1. The monoisotopic (exact) mass is 186 g/mol. The molecule has 1 N–H and O–H groups in total. The number of aromatic nitrogens is 1. The third kappa shape index (κ3) is 1.67. The fraction of sp³-hybridized carbons (Fsp3) is 0.100. The molecule has 0 atom stereocenters. The predicted molar refractivity (Wildman–Crippen MR) is 53.9 cm³/mol. The van der Waals surface area contributed by atoms with Crippen LogP contribution in [0.1, 0.15) is 5.56 Å². The summed E-state index contributed by atoms with van der Waals surface area (Å²) in [6.07, 6.45) is 1.68. The molecule has 1 heterocycles. The number of hydrogen-bond donors (Lipinski definition) is 1. The van der Waals surface area contributed by atoms with Crippen molar-refractivity contribution in [2.45, 2.75) is 6.92 Å². The topological polar surface area (TPSA) is 33.1 Å². The Morgan fingerprint density at radius 3 is 2.69 bits per heavy atom. The summed E-state index contributed by atoms with van der Waals surface area (Å²) in [5.41, 5.74) is 1.81. The van der Waals surface area contributed by atoms with Crippen LogP contribution in [-0.4, -0.2) is 27.5 Å². The van der Waals surface area contributed by atoms with Gasteiger partial charge in [-0.1, -0.05) is 12.1 Å². The average molecular weight is 186 g/mol. The van der Waals surface area contributed by atoms with E-state index < -0.39 is 0 Å². The number of nitrogens with zero attached hydrogens (tertiary/aromatic N) is 1. The van der Waals surface area contributed by atoms with E-state index in [2.05, 4.69) is 4.98 Å². The third-order valence-electron chi connectivity index (χ3n) is 1.97. The van der Waals surface area contributed by atoms with Gasteiger partial charge in [-0.3, -0.25) is 4.98 Å². The zero-order chi connectivity index (χ0) is 8.55. The van der Waals surface area contributed by atoms with Crippen molar-refractivity contribution in [3.63, 3.8) is 0 Å². The predicted octanol–water partition coefficient (Wildman–Crippen LogP) is 1.87. The number of fused-ring (bicyclic) bond motifs is 1. The second kappa shape index (κ2) is 3.78. The van der Waals surface area contributed by atoms with Crippen LogP contribution < -0.4 is 0 Å². The zero-order valence-electron chi connectivity index (χ0n) is 7.36. The summed E-state index contributed by atoms with van der Waals surface area (Å²) >= 11 is 0. The first-order valence-electron chi connectivity index (χ1n) is 3.82. The van der Waals surface area contributed by atoms with Crippen molar-refractivity contribution in [3.05, 3.63) is 36.0 Å². The van der Waals surface area contributed by atoms with Crippen molar-refractivity contribution in [1.29, 1.82) is 0 Å². The Morgan fingerprint density at radius 1 is 1.23 bits per heavy atom. The van der Waals surface area contributed by atoms with Crippen molar-refractivity contribution >= 4 is 28.3 Å². The van der Waals surface area contributed by atoms with E-state index in [0.717, 1.165) is 10.9 Å². The molecule has 0 spiro atoms. The fourth-order valence-electron chi connectivity index (χ4n) is 1.30. The van der Waals surface area contributed by atoms with Crippen LogP contribution in [0, 0.1) is 6.92 Å². The number of benzene rings is 1. The molecule has 3 heteroatoms. The minimum atomic E-state index is 0. The van der Waals surface area contributed by atoms with Gasteiger partial charge in [-0.05, 0) is 24.6 Å². The van der Waals surface area contributed by atoms with Crippen LogP contribution in [0.4, 0.5) is 0 Å². The van der Waals surface area contributed by atoms with Gasteiger partial charge in [-0.25, -0.2) is 0 Å². The van der Waals surface area contributed by atoms with Crippen molar-refractivity contribution in [1.82, 2.24) is 4.98 Å². The van der Waals surface area contributed by atoms with E-state index in [9.17, 15) is 5.11 Å². The molecule has 60 valence electrons. The van der Waals surface area contributed by atoms with Crippen LogP contribution in [0.15, 0.2) is 30.5 Å². The minimum Gasteiger partial charge on any atom is -0.506 e. The van der Waals surface area contributed by atoms with Gasteiger partial charge in [0.25, 0.3) is 0 Å². The van der Waals surface area contributed by atoms with Crippen LogP contribution >= 0.6 is 0 Å². The summed E-state index contributed by atoms with van der Waals surface area (Å²) < 4.78 is 0. The van der Waals surface area contributed by atoms with E-state index in [1.165, 1.54) is 0 Å². The number of phenols is 1. The minimum absolute atomic E-state index is 0. The summed E-state index contributed by atoms with van der Waals surface area (Å²) in [5.74, 6) is 0.246. The SMILES string of the molecule is Cc1ccc(O)c2ncccc12.[Al+3]. The smallest absolute Gasteiger partial charge is 0.506 e. The standard InChI is InChI=1S/C10H9NO.Al/c1-7-4-5-9(12)10-8(7)3-2-6-11-10;/h2-6,12H,1H3;/q;+3. The van der Waals surface area contributed by atoms with E-state index >= 15 is 0 Å². The molecule has 0 bridgehead atoms. The Morgan fingerprint density at radius 2 is 2.00 bits per heavy atom. The second-order valence-corrected chi connectivity index (χ2v) is 2.80. The Balaban J connectivity index is 0.000000845. The first kappa shape index (κ1) is 10.0. The van der Waals surface area contributed by atoms with Gasteiger partial charge >= 0.3 is 17.4 Å². The molecule has 2 nitrogen and oxygen atoms in total. The largest absolute Gasteiger partial charge is 3.00 e. The van der Waals surface area contributed by atoms with E-state index in [1.54, 1.807) is 12.3 Å². The Kier molecular flexibility index (Phi) is 2.92. The Hall–Kier alpha value is -1.04. The molecule has 2 aromatic rings. The maximum absolute atomic E-state index is 9.43. The molecular formula is C10H9AlNO+3. The molecule has 0 saturated heterocycles. The molecule has 13 heavy (non-hydrogen) atoms. The first-order chi connectivity index (χ1) is 5.79. The molecule has 0 unspecified atom stereocenters. The molecule has 0 aliphatic heterocycles. The molecule has 0 aliphatic rings. The van der Waals surface area contributed by atoms with Crippen LogP contribution in [0.2, 0.25) is 0 Å². The molecule has 2 rings (SSSR count). The third-order valence-corrected chi connectivity index (χ3v) is 1.97. The quantitative estimate of drug-likeness (QED) is 0.637. The second-order valence-electron chi connectivity index (χ2n) is 2.80. The summed E-state index contributed by atoms with van der Waals surface area (Å²) in [6.45, 7) is 2.00. The van der Waals surface area contributed by atoms with Gasteiger partial charge in [0.15, 0.2) is 0 Å². The summed E-state index contributed by atoms with van der Waals surface area (Å²) in [4.78, 5) is 4.09. The van der Waals surface area contributed by atoms with Crippen molar-refractivity contribution < 1.29 is 5.11 Å². The molecule has 1 aromatic heterocycles. The fourth-order valence-corrected chi connectivity index (χ4v) is 1.30. The molecule has 0 aliphatic carbocycles. The van der Waals surface area contributed by atoms with Crippen molar-refractivity contribution in [2.24, 2.45) is 0 Å². The van der Waals surface area contributed by atoms with E-state index in [-0.39, 0.29) is 23.1 Å². The van der Waals surface area contributed by atoms with Crippen molar-refractivity contribution in [3.8, 4) is 5.75 Å². The maximum atomic E-state index is 9.43. The summed E-state index contributed by atoms with van der Waals surface area (Å²) in [7, 11) is 0. The molecular weight excluding hydrogens is 177 g/mol. The maximum Gasteiger partial charge on any atom is 3.00 e. The molecule has 0 radical (unpaired) electrons. The van der Waals surface area contributed by atoms with E-state index in [4.69, 9.17) is 0 Å². The van der Waals surface area contributed by atoms with E-state index in [1.807, 2.05) is 25.1 Å². The normalized spacial score (nSPS) is 9.62. The van der Waals surface area contributed by atoms with E-state index in [0.29, 0.717) is 5.52 Å². The molecule has 0 saturated carbocycles. The number of rotatable bonds is 0. The van der Waals surface area contributed by atoms with Gasteiger partial charge < -0.3 is 5.11 Å². The summed E-state index contributed by atoms with van der Waals surface area (Å²) in [6, 6.07) is 7.39. The average Bonchev–Trinajstić information content (AvgIpc) is 2.12. The Labute approximate surface area is 87.4 Å². The van der Waals surface area contributed by atoms with Gasteiger partial charge in [0.1, 0.15) is 11.3 Å². The number of aryl methyl sites for hydroxylation is 1. The molecule has 0 amide bonds. The number of aromatic hydroxyl groups is 1. The van der Waals surface area contributed by atoms with Crippen LogP contribution in [0.25, 0.3) is 10.9 Å². The van der Waals surface area contributed by atoms with Gasteiger partial charge in [-0.15, -0.1) is 0 Å². The Bertz CT molecular complexity index is 388. The van der Waals surface area contributed by atoms with Crippen LogP contribution in [0.3, 0.4) is 0 Å². The number of pyridine rings is 1.